The highest BCUT2D eigenvalue weighted by Crippen LogP contribution is 2.30. The quantitative estimate of drug-likeness (QED) is 0.263. The summed E-state index contributed by atoms with van der Waals surface area (Å²) in [5.41, 5.74) is 11.2. The van der Waals surface area contributed by atoms with Crippen molar-refractivity contribution in [3.05, 3.63) is 63.2 Å². The van der Waals surface area contributed by atoms with E-state index in [1.54, 1.807) is 0 Å². The van der Waals surface area contributed by atoms with E-state index in [4.69, 9.17) is 0 Å². The smallest absolute Gasteiger partial charge is 0.299 e. The molecule has 0 bridgehead atoms. The Bertz CT molecular complexity index is 990. The molecule has 0 saturated heterocycles. The van der Waals surface area contributed by atoms with E-state index in [2.05, 4.69) is 131 Å². The van der Waals surface area contributed by atoms with Crippen molar-refractivity contribution >= 4 is 25.9 Å². The predicted octanol–water partition coefficient (Wildman–Crippen LogP) is 7.59. The molecule has 0 aromatic heterocycles. The summed E-state index contributed by atoms with van der Waals surface area (Å²) in [5, 5.41) is 1.51. The number of rotatable bonds is 9. The zero-order chi connectivity index (χ0) is 26.8. The predicted molar refractivity (Wildman–Crippen MR) is 162 cm³/mol. The molecule has 192 valence electrons. The van der Waals surface area contributed by atoms with Crippen molar-refractivity contribution in [1.82, 2.24) is 9.48 Å². The highest BCUT2D eigenvalue weighted by molar-refractivity contribution is 7.48. The van der Waals surface area contributed by atoms with Crippen molar-refractivity contribution in [2.75, 3.05) is 0 Å². The second-order valence-electron chi connectivity index (χ2n) is 11.7. The fraction of sp³-hybridized carbons (Fsp3) is 0.581. The summed E-state index contributed by atoms with van der Waals surface area (Å²) in [6.45, 7) is 32.7. The molecule has 0 N–H and O–H groups in total. The van der Waals surface area contributed by atoms with E-state index in [0.717, 1.165) is 0 Å². The van der Waals surface area contributed by atoms with Gasteiger partial charge in [0.15, 0.2) is 0 Å². The van der Waals surface area contributed by atoms with Gasteiger partial charge in [-0.2, -0.15) is 0 Å². The van der Waals surface area contributed by atoms with E-state index in [-0.39, 0.29) is 6.85 Å². The molecule has 0 saturated carbocycles. The van der Waals surface area contributed by atoms with Crippen molar-refractivity contribution in [2.45, 2.75) is 121 Å². The molecule has 0 aliphatic heterocycles. The van der Waals surface area contributed by atoms with Gasteiger partial charge in [0.05, 0.1) is 0 Å². The third-order valence-corrected chi connectivity index (χ3v) is 8.81. The Morgan fingerprint density at radius 1 is 0.600 bits per heavy atom. The normalized spacial score (nSPS) is 12.9. The topological polar surface area (TPSA) is 6.48 Å². The minimum Gasteiger partial charge on any atom is -0.329 e. The van der Waals surface area contributed by atoms with Crippen LogP contribution >= 0.6 is 8.35 Å². The van der Waals surface area contributed by atoms with Crippen LogP contribution in [0.4, 0.5) is 0 Å². The number of hydrogen-bond donors (Lipinski definition) is 0. The number of nitrogens with zero attached hydrogens (tertiary/aromatic N) is 2. The summed E-state index contributed by atoms with van der Waals surface area (Å²) < 4.78 is 2.64. The van der Waals surface area contributed by atoms with Gasteiger partial charge >= 0.3 is 0 Å². The van der Waals surface area contributed by atoms with E-state index >= 15 is 0 Å². The number of benzene rings is 2. The van der Waals surface area contributed by atoms with E-state index in [1.165, 1.54) is 58.0 Å². The van der Waals surface area contributed by atoms with Crippen molar-refractivity contribution in [3.63, 3.8) is 0 Å². The molecule has 2 nitrogen and oxygen atoms in total. The molecule has 2 aromatic carbocycles. The molecule has 35 heavy (non-hydrogen) atoms. The van der Waals surface area contributed by atoms with Crippen LogP contribution in [0.5, 0.6) is 0 Å². The zero-order valence-corrected chi connectivity index (χ0v) is 25.9. The average Bonchev–Trinajstić information content (AvgIpc) is 2.67. The summed E-state index contributed by atoms with van der Waals surface area (Å²) in [7, 11) is 1.31. The molecule has 0 amide bonds. The Kier molecular flexibility index (Phi) is 10.4. The minimum atomic E-state index is 0.206. The maximum absolute atomic E-state index is 2.74. The molecule has 0 aliphatic carbocycles. The van der Waals surface area contributed by atoms with Gasteiger partial charge in [0.25, 0.3) is 6.85 Å². The lowest BCUT2D eigenvalue weighted by Crippen LogP contribution is -2.60. The first-order valence-electron chi connectivity index (χ1n) is 13.5. The molecule has 2 aromatic rings. The molecule has 2 rings (SSSR count). The highest BCUT2D eigenvalue weighted by atomic mass is 31.1. The van der Waals surface area contributed by atoms with Crippen LogP contribution < -0.4 is 5.46 Å². The first-order chi connectivity index (χ1) is 16.2. The van der Waals surface area contributed by atoms with Crippen LogP contribution in [0.1, 0.15) is 94.3 Å². The molecule has 0 heterocycles. The molecular weight excluding hydrogens is 442 g/mol. The van der Waals surface area contributed by atoms with Gasteiger partial charge < -0.3 is 4.81 Å². The summed E-state index contributed by atoms with van der Waals surface area (Å²) in [6.07, 6.45) is 0. The lowest BCUT2D eigenvalue weighted by atomic mass is 9.46. The van der Waals surface area contributed by atoms with Crippen molar-refractivity contribution < 1.29 is 0 Å². The zero-order valence-electron chi connectivity index (χ0n) is 25.0. The summed E-state index contributed by atoms with van der Waals surface area (Å²) >= 11 is 0. The SMILES string of the molecule is Cc1cc(C)c(B(C(=PN(C(C)C)C(C)C)c2c(C)cc(C)cc2C)N(C(C)C)C(C)C)c(C)c1. The van der Waals surface area contributed by atoms with E-state index < -0.39 is 0 Å². The Balaban J connectivity index is 3.09. The van der Waals surface area contributed by atoms with Crippen LogP contribution in [0.3, 0.4) is 0 Å². The first-order valence-corrected chi connectivity index (χ1v) is 14.3. The second-order valence-corrected chi connectivity index (χ2v) is 12.8. The van der Waals surface area contributed by atoms with Gasteiger partial charge in [-0.15, -0.1) is 0 Å². The average molecular weight is 493 g/mol. The van der Waals surface area contributed by atoms with E-state index in [1.807, 2.05) is 0 Å². The molecule has 0 spiro atoms. The lowest BCUT2D eigenvalue weighted by Gasteiger charge is -2.40. The van der Waals surface area contributed by atoms with Crippen LogP contribution in [0, 0.1) is 41.5 Å². The van der Waals surface area contributed by atoms with Gasteiger partial charge in [-0.3, -0.25) is 4.67 Å². The van der Waals surface area contributed by atoms with Gasteiger partial charge in [-0.25, -0.2) is 0 Å². The van der Waals surface area contributed by atoms with Crippen LogP contribution in [0.25, 0.3) is 0 Å². The van der Waals surface area contributed by atoms with Gasteiger partial charge in [0.2, 0.25) is 0 Å². The van der Waals surface area contributed by atoms with Crippen molar-refractivity contribution in [3.8, 4) is 0 Å². The molecule has 4 heteroatoms. The second kappa shape index (κ2) is 12.2. The fourth-order valence-corrected chi connectivity index (χ4v) is 7.55. The largest absolute Gasteiger partial charge is 0.329 e. The third kappa shape index (κ3) is 6.88. The summed E-state index contributed by atoms with van der Waals surface area (Å²) in [6, 6.07) is 11.3. The van der Waals surface area contributed by atoms with Crippen molar-refractivity contribution in [2.24, 2.45) is 0 Å². The Hall–Kier alpha value is -1.41. The molecule has 0 atom stereocenters. The molecular formula is C31H50BN2P. The molecule has 0 unspecified atom stereocenters. The Morgan fingerprint density at radius 2 is 0.971 bits per heavy atom. The molecule has 0 radical (unpaired) electrons. The summed E-state index contributed by atoms with van der Waals surface area (Å²) in [5.74, 6) is 0. The first kappa shape index (κ1) is 29.8. The minimum absolute atomic E-state index is 0.206. The van der Waals surface area contributed by atoms with Crippen molar-refractivity contribution in [1.29, 1.82) is 0 Å². The van der Waals surface area contributed by atoms with Gasteiger partial charge in [0.1, 0.15) is 0 Å². The fourth-order valence-electron chi connectivity index (χ4n) is 6.02. The summed E-state index contributed by atoms with van der Waals surface area (Å²) in [4.78, 5) is 2.74. The monoisotopic (exact) mass is 492 g/mol. The van der Waals surface area contributed by atoms with E-state index in [9.17, 15) is 0 Å². The van der Waals surface area contributed by atoms with Gasteiger partial charge in [-0.1, -0.05) is 79.7 Å². The molecule has 0 aliphatic rings. The lowest BCUT2D eigenvalue weighted by molar-refractivity contribution is 0.311. The number of aryl methyl sites for hydroxylation is 6. The van der Waals surface area contributed by atoms with E-state index in [0.29, 0.717) is 24.2 Å². The highest BCUT2D eigenvalue weighted by Gasteiger charge is 2.38. The number of hydrogen-bond acceptors (Lipinski definition) is 2. The van der Waals surface area contributed by atoms with Gasteiger partial charge in [-0.05, 0) is 112 Å². The Labute approximate surface area is 219 Å². The van der Waals surface area contributed by atoms with Crippen LogP contribution in [0.15, 0.2) is 24.3 Å². The standard InChI is InChI=1S/C31H50BN2P/c1-19(2)33(20(3)4)32(30-27(13)17-24(10)18-28(30)14)31(35-34(21(5)6)22(7)8)29-25(11)15-23(9)16-26(29)12/h15-22H,1-14H3. The maximum Gasteiger partial charge on any atom is 0.299 e. The third-order valence-electron chi connectivity index (χ3n) is 6.98. The van der Waals surface area contributed by atoms with Crippen LogP contribution in [0.2, 0.25) is 0 Å². The van der Waals surface area contributed by atoms with Crippen LogP contribution in [-0.2, 0) is 0 Å². The van der Waals surface area contributed by atoms with Crippen LogP contribution in [-0.4, -0.2) is 45.7 Å². The van der Waals surface area contributed by atoms with Gasteiger partial charge in [0, 0.05) is 12.1 Å². The molecule has 0 fully saturated rings. The Morgan fingerprint density at radius 3 is 1.31 bits per heavy atom. The maximum atomic E-state index is 2.74.